The second-order valence-corrected chi connectivity index (χ2v) is 6.77. The minimum atomic E-state index is 0.342. The lowest BCUT2D eigenvalue weighted by Gasteiger charge is -2.20. The van der Waals surface area contributed by atoms with E-state index in [0.29, 0.717) is 6.04 Å². The minimum Gasteiger partial charge on any atom is -0.309 e. The number of rotatable bonds is 7. The first-order chi connectivity index (χ1) is 8.54. The number of halogens is 2. The molecule has 0 aliphatic heterocycles. The molecule has 0 saturated heterocycles. The van der Waals surface area contributed by atoms with Crippen molar-refractivity contribution in [2.75, 3.05) is 6.54 Å². The fourth-order valence-corrected chi connectivity index (χ4v) is 3.10. The quantitative estimate of drug-likeness (QED) is 0.716. The van der Waals surface area contributed by atoms with Gasteiger partial charge >= 0.3 is 0 Å². The highest BCUT2D eigenvalue weighted by atomic mass is 79.9. The van der Waals surface area contributed by atoms with Gasteiger partial charge in [0, 0.05) is 15.1 Å². The van der Waals surface area contributed by atoms with E-state index in [1.807, 2.05) is 6.20 Å². The van der Waals surface area contributed by atoms with E-state index in [2.05, 4.69) is 69.0 Å². The normalized spacial score (nSPS) is 13.0. The van der Waals surface area contributed by atoms with E-state index in [4.69, 9.17) is 0 Å². The van der Waals surface area contributed by atoms with Gasteiger partial charge in [0.05, 0.1) is 11.7 Å². The van der Waals surface area contributed by atoms with Crippen LogP contribution in [-0.4, -0.2) is 11.5 Å². The number of aromatic nitrogens is 1. The Bertz CT molecular complexity index is 367. The van der Waals surface area contributed by atoms with Crippen molar-refractivity contribution >= 4 is 31.9 Å². The van der Waals surface area contributed by atoms with Crippen molar-refractivity contribution in [2.24, 2.45) is 5.92 Å². The molecule has 1 atom stereocenters. The third-order valence-electron chi connectivity index (χ3n) is 2.84. The maximum atomic E-state index is 4.55. The Morgan fingerprint density at radius 2 is 2.00 bits per heavy atom. The van der Waals surface area contributed by atoms with Gasteiger partial charge in [-0.15, -0.1) is 0 Å². The van der Waals surface area contributed by atoms with Crippen molar-refractivity contribution in [3.05, 3.63) is 26.9 Å². The summed E-state index contributed by atoms with van der Waals surface area (Å²) in [6, 6.07) is 2.41. The molecule has 0 radical (unpaired) electrons. The third-order valence-corrected chi connectivity index (χ3v) is 3.91. The monoisotopic (exact) mass is 376 g/mol. The maximum Gasteiger partial charge on any atom is 0.0715 e. The van der Waals surface area contributed by atoms with Crippen LogP contribution in [0.5, 0.6) is 0 Å². The van der Waals surface area contributed by atoms with Crippen LogP contribution >= 0.6 is 31.9 Å². The van der Waals surface area contributed by atoms with Crippen molar-refractivity contribution in [1.29, 1.82) is 0 Å². The van der Waals surface area contributed by atoms with Gasteiger partial charge in [-0.05, 0) is 69.7 Å². The van der Waals surface area contributed by atoms with Crippen LogP contribution in [0.15, 0.2) is 21.2 Å². The van der Waals surface area contributed by atoms with Crippen LogP contribution in [-0.2, 0) is 0 Å². The van der Waals surface area contributed by atoms with E-state index in [0.717, 1.165) is 39.9 Å². The molecule has 0 aromatic carbocycles. The third kappa shape index (κ3) is 5.37. The van der Waals surface area contributed by atoms with Crippen molar-refractivity contribution in [1.82, 2.24) is 10.3 Å². The molecule has 1 aromatic heterocycles. The Morgan fingerprint density at radius 3 is 2.56 bits per heavy atom. The molecule has 0 bridgehead atoms. The van der Waals surface area contributed by atoms with E-state index >= 15 is 0 Å². The second-order valence-electron chi connectivity index (χ2n) is 5.00. The molecule has 1 aromatic rings. The second kappa shape index (κ2) is 8.28. The molecular weight excluding hydrogens is 356 g/mol. The van der Waals surface area contributed by atoms with Gasteiger partial charge in [0.2, 0.25) is 0 Å². The Morgan fingerprint density at radius 1 is 1.28 bits per heavy atom. The standard InChI is InChI=1S/C14H22Br2N2/c1-4-7-17-13(6-5-10(2)3)14-12(16)8-11(15)9-18-14/h8-10,13,17H,4-7H2,1-3H3. The summed E-state index contributed by atoms with van der Waals surface area (Å²) in [5.41, 5.74) is 1.12. The molecule has 1 unspecified atom stereocenters. The molecule has 0 aliphatic rings. The van der Waals surface area contributed by atoms with Crippen molar-refractivity contribution in [3.63, 3.8) is 0 Å². The van der Waals surface area contributed by atoms with Gasteiger partial charge in [-0.1, -0.05) is 20.8 Å². The topological polar surface area (TPSA) is 24.9 Å². The first-order valence-corrected chi connectivity index (χ1v) is 8.17. The van der Waals surface area contributed by atoms with E-state index in [1.54, 1.807) is 0 Å². The number of pyridine rings is 1. The lowest BCUT2D eigenvalue weighted by Crippen LogP contribution is -2.24. The average Bonchev–Trinajstić information content (AvgIpc) is 2.30. The highest BCUT2D eigenvalue weighted by Gasteiger charge is 2.16. The molecular formula is C14H22Br2N2. The van der Waals surface area contributed by atoms with E-state index in [1.165, 1.54) is 6.42 Å². The molecule has 102 valence electrons. The lowest BCUT2D eigenvalue weighted by molar-refractivity contribution is 0.432. The summed E-state index contributed by atoms with van der Waals surface area (Å²) in [6.45, 7) is 7.76. The molecule has 1 heterocycles. The first kappa shape index (κ1) is 16.1. The Balaban J connectivity index is 2.79. The van der Waals surface area contributed by atoms with E-state index < -0.39 is 0 Å². The summed E-state index contributed by atoms with van der Waals surface area (Å²) in [7, 11) is 0. The van der Waals surface area contributed by atoms with Crippen molar-refractivity contribution in [2.45, 2.75) is 46.1 Å². The SMILES string of the molecule is CCCNC(CCC(C)C)c1ncc(Br)cc1Br. The Labute approximate surface area is 127 Å². The molecule has 2 nitrogen and oxygen atoms in total. The highest BCUT2D eigenvalue weighted by Crippen LogP contribution is 2.28. The molecule has 0 fully saturated rings. The number of hydrogen-bond donors (Lipinski definition) is 1. The largest absolute Gasteiger partial charge is 0.309 e. The highest BCUT2D eigenvalue weighted by molar-refractivity contribution is 9.11. The van der Waals surface area contributed by atoms with Gasteiger partial charge in [0.25, 0.3) is 0 Å². The number of hydrogen-bond acceptors (Lipinski definition) is 2. The zero-order valence-corrected chi connectivity index (χ0v) is 14.5. The van der Waals surface area contributed by atoms with Crippen molar-refractivity contribution in [3.8, 4) is 0 Å². The van der Waals surface area contributed by atoms with Gasteiger partial charge in [-0.3, -0.25) is 4.98 Å². The summed E-state index contributed by atoms with van der Waals surface area (Å²) in [5, 5.41) is 3.59. The van der Waals surface area contributed by atoms with Crippen LogP contribution in [0.25, 0.3) is 0 Å². The van der Waals surface area contributed by atoms with Crippen LogP contribution in [0, 0.1) is 5.92 Å². The maximum absolute atomic E-state index is 4.55. The fraction of sp³-hybridized carbons (Fsp3) is 0.643. The summed E-state index contributed by atoms with van der Waals surface area (Å²) in [6.07, 6.45) is 5.36. The molecule has 0 amide bonds. The molecule has 18 heavy (non-hydrogen) atoms. The number of nitrogens with zero attached hydrogens (tertiary/aromatic N) is 1. The van der Waals surface area contributed by atoms with Gasteiger partial charge in [0.1, 0.15) is 0 Å². The minimum absolute atomic E-state index is 0.342. The van der Waals surface area contributed by atoms with E-state index in [9.17, 15) is 0 Å². The lowest BCUT2D eigenvalue weighted by atomic mass is 10.0. The van der Waals surface area contributed by atoms with Crippen LogP contribution in [0.1, 0.15) is 51.8 Å². The zero-order valence-electron chi connectivity index (χ0n) is 11.3. The molecule has 1 rings (SSSR count). The van der Waals surface area contributed by atoms with Crippen LogP contribution in [0.3, 0.4) is 0 Å². The molecule has 0 spiro atoms. The van der Waals surface area contributed by atoms with Crippen LogP contribution in [0.2, 0.25) is 0 Å². The zero-order chi connectivity index (χ0) is 13.5. The van der Waals surface area contributed by atoms with Crippen LogP contribution < -0.4 is 5.32 Å². The molecule has 0 aliphatic carbocycles. The smallest absolute Gasteiger partial charge is 0.0715 e. The fourth-order valence-electron chi connectivity index (χ4n) is 1.84. The van der Waals surface area contributed by atoms with Gasteiger partial charge in [-0.2, -0.15) is 0 Å². The summed E-state index contributed by atoms with van der Waals surface area (Å²) >= 11 is 7.06. The predicted octanol–water partition coefficient (Wildman–Crippen LogP) is 5.08. The summed E-state index contributed by atoms with van der Waals surface area (Å²) < 4.78 is 2.09. The molecule has 1 N–H and O–H groups in total. The predicted molar refractivity (Wildman–Crippen MR) is 84.7 cm³/mol. The van der Waals surface area contributed by atoms with Gasteiger partial charge in [-0.25, -0.2) is 0 Å². The number of nitrogens with one attached hydrogen (secondary N) is 1. The molecule has 4 heteroatoms. The average molecular weight is 378 g/mol. The summed E-state index contributed by atoms with van der Waals surface area (Å²) in [4.78, 5) is 4.55. The summed E-state index contributed by atoms with van der Waals surface area (Å²) in [5.74, 6) is 0.727. The van der Waals surface area contributed by atoms with Crippen LogP contribution in [0.4, 0.5) is 0 Å². The Hall–Kier alpha value is 0.0700. The Kier molecular flexibility index (Phi) is 7.42. The van der Waals surface area contributed by atoms with Gasteiger partial charge in [0.15, 0.2) is 0 Å². The van der Waals surface area contributed by atoms with Gasteiger partial charge < -0.3 is 5.32 Å². The molecule has 0 saturated carbocycles. The van der Waals surface area contributed by atoms with Crippen molar-refractivity contribution < 1.29 is 0 Å². The van der Waals surface area contributed by atoms with E-state index in [-0.39, 0.29) is 0 Å². The first-order valence-electron chi connectivity index (χ1n) is 6.59.